The van der Waals surface area contributed by atoms with Gasteiger partial charge in [0.15, 0.2) is 0 Å². The number of hydrogen-bond acceptors (Lipinski definition) is 3. The molecule has 0 fully saturated rings. The Bertz CT molecular complexity index is 733. The zero-order valence-electron chi connectivity index (χ0n) is 11.8. The number of nitrogens with zero attached hydrogens (tertiary/aromatic N) is 1. The van der Waals surface area contributed by atoms with E-state index in [1.165, 1.54) is 19.4 Å². The Balaban J connectivity index is 1.98. The van der Waals surface area contributed by atoms with Crippen molar-refractivity contribution >= 4 is 38.0 Å². The van der Waals surface area contributed by atoms with Crippen molar-refractivity contribution in [3.8, 4) is 0 Å². The average Bonchev–Trinajstić information content (AvgIpc) is 2.91. The number of nitrogens with one attached hydrogen (secondary N) is 1. The summed E-state index contributed by atoms with van der Waals surface area (Å²) in [6.07, 6.45) is 2.87. The highest BCUT2D eigenvalue weighted by Gasteiger charge is 2.16. The van der Waals surface area contributed by atoms with E-state index in [2.05, 4.69) is 75.6 Å². The molecular formula is C17H17BrN2S. The number of benzene rings is 1. The quantitative estimate of drug-likeness (QED) is 0.695. The standard InChI is InChI=1S/C17H17BrN2S/c1-2-19-15(11-13-7-8-16(18)21-13)17-14-6-4-3-5-12(14)9-10-20-17/h3-10,15,19H,2,11H2,1H3. The maximum atomic E-state index is 4.66. The van der Waals surface area contributed by atoms with E-state index in [4.69, 9.17) is 0 Å². The minimum absolute atomic E-state index is 0.242. The van der Waals surface area contributed by atoms with E-state index in [9.17, 15) is 0 Å². The lowest BCUT2D eigenvalue weighted by atomic mass is 10.0. The molecule has 2 heterocycles. The molecule has 3 rings (SSSR count). The Morgan fingerprint density at radius 1 is 1.19 bits per heavy atom. The van der Waals surface area contributed by atoms with Crippen LogP contribution in [0.3, 0.4) is 0 Å². The highest BCUT2D eigenvalue weighted by atomic mass is 79.9. The first-order chi connectivity index (χ1) is 10.3. The number of thiophene rings is 1. The predicted octanol–water partition coefficient (Wildman–Crippen LogP) is 4.95. The Kier molecular flexibility index (Phi) is 4.68. The lowest BCUT2D eigenvalue weighted by Crippen LogP contribution is -2.23. The van der Waals surface area contributed by atoms with Gasteiger partial charge in [0.25, 0.3) is 0 Å². The number of likely N-dealkylation sites (N-methyl/N-ethyl adjacent to an activating group) is 1. The van der Waals surface area contributed by atoms with Crippen molar-refractivity contribution in [1.82, 2.24) is 10.3 Å². The lowest BCUT2D eigenvalue weighted by Gasteiger charge is -2.18. The molecule has 1 atom stereocenters. The predicted molar refractivity (Wildman–Crippen MR) is 93.9 cm³/mol. The van der Waals surface area contributed by atoms with Gasteiger partial charge in [0.2, 0.25) is 0 Å². The summed E-state index contributed by atoms with van der Waals surface area (Å²) in [6.45, 7) is 3.07. The van der Waals surface area contributed by atoms with Gasteiger partial charge in [0.05, 0.1) is 15.5 Å². The van der Waals surface area contributed by atoms with Crippen LogP contribution >= 0.6 is 27.3 Å². The molecule has 0 amide bonds. The van der Waals surface area contributed by atoms with Crippen molar-refractivity contribution in [3.05, 3.63) is 63.0 Å². The number of rotatable bonds is 5. The molecule has 0 radical (unpaired) electrons. The van der Waals surface area contributed by atoms with Crippen LogP contribution in [0.4, 0.5) is 0 Å². The average molecular weight is 361 g/mol. The first kappa shape index (κ1) is 14.7. The maximum absolute atomic E-state index is 4.66. The monoisotopic (exact) mass is 360 g/mol. The molecule has 0 spiro atoms. The first-order valence-corrected chi connectivity index (χ1v) is 8.70. The van der Waals surface area contributed by atoms with Gasteiger partial charge in [-0.25, -0.2) is 0 Å². The molecular weight excluding hydrogens is 344 g/mol. The highest BCUT2D eigenvalue weighted by molar-refractivity contribution is 9.11. The van der Waals surface area contributed by atoms with E-state index in [1.54, 1.807) is 11.3 Å². The third-order valence-corrected chi connectivity index (χ3v) is 5.17. The van der Waals surface area contributed by atoms with E-state index < -0.39 is 0 Å². The molecule has 0 aliphatic heterocycles. The van der Waals surface area contributed by atoms with Crippen molar-refractivity contribution < 1.29 is 0 Å². The Labute approximate surface area is 137 Å². The maximum Gasteiger partial charge on any atom is 0.0701 e. The second kappa shape index (κ2) is 6.69. The van der Waals surface area contributed by atoms with Gasteiger partial charge in [-0.15, -0.1) is 11.3 Å². The summed E-state index contributed by atoms with van der Waals surface area (Å²) in [5.74, 6) is 0. The van der Waals surface area contributed by atoms with Crippen LogP contribution in [-0.2, 0) is 6.42 Å². The van der Waals surface area contributed by atoms with Crippen LogP contribution in [0.2, 0.25) is 0 Å². The van der Waals surface area contributed by atoms with Gasteiger partial charge in [-0.3, -0.25) is 4.98 Å². The fourth-order valence-corrected chi connectivity index (χ4v) is 4.12. The molecule has 1 unspecified atom stereocenters. The molecule has 0 aliphatic carbocycles. The van der Waals surface area contributed by atoms with Crippen LogP contribution in [0.15, 0.2) is 52.4 Å². The summed E-state index contributed by atoms with van der Waals surface area (Å²) < 4.78 is 1.18. The molecule has 0 saturated heterocycles. The van der Waals surface area contributed by atoms with Crippen LogP contribution in [0.5, 0.6) is 0 Å². The van der Waals surface area contributed by atoms with Gasteiger partial charge in [-0.05, 0) is 46.1 Å². The van der Waals surface area contributed by atoms with E-state index in [-0.39, 0.29) is 6.04 Å². The van der Waals surface area contributed by atoms with Crippen LogP contribution < -0.4 is 5.32 Å². The van der Waals surface area contributed by atoms with Gasteiger partial charge in [-0.1, -0.05) is 31.2 Å². The fourth-order valence-electron chi connectivity index (χ4n) is 2.60. The molecule has 0 saturated carbocycles. The molecule has 0 aliphatic rings. The summed E-state index contributed by atoms with van der Waals surface area (Å²) >= 11 is 5.33. The molecule has 4 heteroatoms. The smallest absolute Gasteiger partial charge is 0.0701 e. The molecule has 0 bridgehead atoms. The van der Waals surface area contributed by atoms with Gasteiger partial charge in [-0.2, -0.15) is 0 Å². The second-order valence-corrected chi connectivity index (χ2v) is 7.49. The molecule has 2 nitrogen and oxygen atoms in total. The summed E-state index contributed by atoms with van der Waals surface area (Å²) in [5, 5.41) is 6.06. The van der Waals surface area contributed by atoms with E-state index in [1.807, 2.05) is 6.20 Å². The molecule has 21 heavy (non-hydrogen) atoms. The second-order valence-electron chi connectivity index (χ2n) is 4.94. The van der Waals surface area contributed by atoms with Crippen molar-refractivity contribution in [3.63, 3.8) is 0 Å². The zero-order chi connectivity index (χ0) is 14.7. The third-order valence-electron chi connectivity index (χ3n) is 3.52. The Morgan fingerprint density at radius 3 is 2.81 bits per heavy atom. The van der Waals surface area contributed by atoms with Gasteiger partial charge in [0.1, 0.15) is 0 Å². The van der Waals surface area contributed by atoms with E-state index in [0.717, 1.165) is 18.7 Å². The first-order valence-electron chi connectivity index (χ1n) is 7.09. The number of aromatic nitrogens is 1. The Morgan fingerprint density at radius 2 is 2.05 bits per heavy atom. The topological polar surface area (TPSA) is 24.9 Å². The van der Waals surface area contributed by atoms with Crippen LogP contribution in [0, 0.1) is 0 Å². The van der Waals surface area contributed by atoms with Crippen LogP contribution in [0.25, 0.3) is 10.8 Å². The molecule has 3 aromatic rings. The largest absolute Gasteiger partial charge is 0.309 e. The van der Waals surface area contributed by atoms with Crippen molar-refractivity contribution in [2.24, 2.45) is 0 Å². The highest BCUT2D eigenvalue weighted by Crippen LogP contribution is 2.29. The van der Waals surface area contributed by atoms with Crippen molar-refractivity contribution in [1.29, 1.82) is 0 Å². The Hall–Kier alpha value is -1.23. The number of fused-ring (bicyclic) bond motifs is 1. The fraction of sp³-hybridized carbons (Fsp3) is 0.235. The minimum Gasteiger partial charge on any atom is -0.309 e. The summed E-state index contributed by atoms with van der Waals surface area (Å²) in [4.78, 5) is 6.02. The van der Waals surface area contributed by atoms with Crippen molar-refractivity contribution in [2.45, 2.75) is 19.4 Å². The minimum atomic E-state index is 0.242. The van der Waals surface area contributed by atoms with Gasteiger partial charge < -0.3 is 5.32 Å². The summed E-state index contributed by atoms with van der Waals surface area (Å²) in [6, 6.07) is 15.1. The zero-order valence-corrected chi connectivity index (χ0v) is 14.2. The van der Waals surface area contributed by atoms with Crippen LogP contribution in [0.1, 0.15) is 23.5 Å². The molecule has 1 aromatic carbocycles. The SMILES string of the molecule is CCNC(Cc1ccc(Br)s1)c1nccc2ccccc12. The van der Waals surface area contributed by atoms with Crippen LogP contribution in [-0.4, -0.2) is 11.5 Å². The van der Waals surface area contributed by atoms with E-state index >= 15 is 0 Å². The van der Waals surface area contributed by atoms with Gasteiger partial charge in [0, 0.05) is 22.9 Å². The molecule has 108 valence electrons. The lowest BCUT2D eigenvalue weighted by molar-refractivity contribution is 0.544. The number of hydrogen-bond donors (Lipinski definition) is 1. The van der Waals surface area contributed by atoms with Crippen molar-refractivity contribution in [2.75, 3.05) is 6.54 Å². The van der Waals surface area contributed by atoms with E-state index in [0.29, 0.717) is 0 Å². The third kappa shape index (κ3) is 3.34. The molecule has 2 aromatic heterocycles. The van der Waals surface area contributed by atoms with Gasteiger partial charge >= 0.3 is 0 Å². The normalized spacial score (nSPS) is 12.7. The summed E-state index contributed by atoms with van der Waals surface area (Å²) in [5.41, 5.74) is 1.14. The summed E-state index contributed by atoms with van der Waals surface area (Å²) in [7, 11) is 0. The number of pyridine rings is 1. The number of halogens is 1. The molecule has 1 N–H and O–H groups in total.